The molecule has 0 heterocycles. The van der Waals surface area contributed by atoms with Gasteiger partial charge in [0.15, 0.2) is 0 Å². The fraction of sp³-hybridized carbons (Fsp3) is 0.0476. The molecule has 0 aromatic heterocycles. The van der Waals surface area contributed by atoms with E-state index in [1.807, 2.05) is 31.2 Å². The van der Waals surface area contributed by atoms with Crippen molar-refractivity contribution in [1.82, 2.24) is 0 Å². The molecular weight excluding hydrogens is 348 g/mol. The molecule has 0 unspecified atom stereocenters. The second kappa shape index (κ2) is 7.06. The highest BCUT2D eigenvalue weighted by Gasteiger charge is 2.19. The molecule has 26 heavy (non-hydrogen) atoms. The van der Waals surface area contributed by atoms with E-state index in [0.717, 1.165) is 11.1 Å². The zero-order valence-corrected chi connectivity index (χ0v) is 15.0. The third-order valence-electron chi connectivity index (χ3n) is 3.99. The van der Waals surface area contributed by atoms with Crippen LogP contribution < -0.4 is 4.74 Å². The van der Waals surface area contributed by atoms with Crippen LogP contribution in [0, 0.1) is 6.92 Å². The molecule has 132 valence electrons. The summed E-state index contributed by atoms with van der Waals surface area (Å²) in [6.07, 6.45) is 1.28. The van der Waals surface area contributed by atoms with Gasteiger partial charge in [0.1, 0.15) is 11.5 Å². The summed E-state index contributed by atoms with van der Waals surface area (Å²) in [4.78, 5) is 0.262. The SMILES string of the molecule is C=COc1ccc(S(=O)(=O)c2ccc(O)c(-c3ccc(C)cc3)c2)cc1. The first kappa shape index (κ1) is 17.8. The number of aromatic hydroxyl groups is 1. The van der Waals surface area contributed by atoms with Crippen molar-refractivity contribution < 1.29 is 18.3 Å². The van der Waals surface area contributed by atoms with Gasteiger partial charge in [0, 0.05) is 5.56 Å². The smallest absolute Gasteiger partial charge is 0.206 e. The van der Waals surface area contributed by atoms with Crippen LogP contribution in [0.4, 0.5) is 0 Å². The first-order valence-electron chi connectivity index (χ1n) is 7.94. The first-order chi connectivity index (χ1) is 12.4. The van der Waals surface area contributed by atoms with Gasteiger partial charge in [-0.15, -0.1) is 0 Å². The van der Waals surface area contributed by atoms with E-state index in [0.29, 0.717) is 11.3 Å². The minimum atomic E-state index is -3.72. The zero-order chi connectivity index (χ0) is 18.7. The number of hydrogen-bond donors (Lipinski definition) is 1. The molecule has 0 aliphatic rings. The molecule has 0 bridgehead atoms. The summed E-state index contributed by atoms with van der Waals surface area (Å²) in [5.41, 5.74) is 2.30. The summed E-state index contributed by atoms with van der Waals surface area (Å²) in [5, 5.41) is 10.2. The largest absolute Gasteiger partial charge is 0.507 e. The van der Waals surface area contributed by atoms with Crippen LogP contribution in [0.25, 0.3) is 11.1 Å². The number of aryl methyl sites for hydroxylation is 1. The van der Waals surface area contributed by atoms with Crippen molar-refractivity contribution in [1.29, 1.82) is 0 Å². The van der Waals surface area contributed by atoms with Crippen molar-refractivity contribution in [3.8, 4) is 22.6 Å². The van der Waals surface area contributed by atoms with Gasteiger partial charge < -0.3 is 9.84 Å². The quantitative estimate of drug-likeness (QED) is 0.664. The topological polar surface area (TPSA) is 63.6 Å². The summed E-state index contributed by atoms with van der Waals surface area (Å²) in [7, 11) is -3.72. The molecule has 0 atom stereocenters. The van der Waals surface area contributed by atoms with E-state index in [-0.39, 0.29) is 15.5 Å². The Bertz CT molecular complexity index is 1030. The second-order valence-corrected chi connectivity index (χ2v) is 7.75. The molecule has 0 saturated heterocycles. The van der Waals surface area contributed by atoms with Crippen molar-refractivity contribution in [2.24, 2.45) is 0 Å². The summed E-state index contributed by atoms with van der Waals surface area (Å²) in [6.45, 7) is 5.43. The lowest BCUT2D eigenvalue weighted by molar-refractivity contribution is 0.477. The highest BCUT2D eigenvalue weighted by molar-refractivity contribution is 7.91. The molecule has 5 heteroatoms. The van der Waals surface area contributed by atoms with Gasteiger partial charge in [0.2, 0.25) is 9.84 Å². The van der Waals surface area contributed by atoms with Crippen LogP contribution in [0.3, 0.4) is 0 Å². The molecule has 4 nitrogen and oxygen atoms in total. The standard InChI is InChI=1S/C21H18O4S/c1-3-25-17-8-10-18(11-9-17)26(23,24)19-12-13-21(22)20(14-19)16-6-4-15(2)5-7-16/h3-14,22H,1H2,2H3. The maximum atomic E-state index is 12.9. The van der Waals surface area contributed by atoms with Crippen LogP contribution in [0.2, 0.25) is 0 Å². The third kappa shape index (κ3) is 3.48. The van der Waals surface area contributed by atoms with Crippen LogP contribution in [-0.4, -0.2) is 13.5 Å². The van der Waals surface area contributed by atoms with E-state index in [1.165, 1.54) is 36.6 Å². The maximum absolute atomic E-state index is 12.9. The van der Waals surface area contributed by atoms with Crippen molar-refractivity contribution >= 4 is 9.84 Å². The highest BCUT2D eigenvalue weighted by Crippen LogP contribution is 2.33. The van der Waals surface area contributed by atoms with Gasteiger partial charge in [-0.05, 0) is 55.0 Å². The molecule has 3 aromatic rings. The van der Waals surface area contributed by atoms with E-state index in [4.69, 9.17) is 4.74 Å². The number of sulfone groups is 1. The predicted octanol–water partition coefficient (Wildman–Crippen LogP) is 4.72. The average Bonchev–Trinajstić information content (AvgIpc) is 2.63. The molecule has 0 fully saturated rings. The van der Waals surface area contributed by atoms with Gasteiger partial charge in [-0.1, -0.05) is 36.4 Å². The van der Waals surface area contributed by atoms with Crippen LogP contribution in [-0.2, 0) is 9.84 Å². The Morgan fingerprint density at radius 3 is 2.15 bits per heavy atom. The molecule has 0 aliphatic carbocycles. The number of phenolic OH excluding ortho intramolecular Hbond substituents is 1. The normalized spacial score (nSPS) is 11.1. The molecule has 0 saturated carbocycles. The fourth-order valence-electron chi connectivity index (χ4n) is 2.58. The molecule has 0 aliphatic heterocycles. The molecule has 3 aromatic carbocycles. The van der Waals surface area contributed by atoms with Gasteiger partial charge in [-0.3, -0.25) is 0 Å². The van der Waals surface area contributed by atoms with E-state index < -0.39 is 9.84 Å². The van der Waals surface area contributed by atoms with Gasteiger partial charge in [0.05, 0.1) is 16.1 Å². The van der Waals surface area contributed by atoms with Gasteiger partial charge >= 0.3 is 0 Å². The molecular formula is C21H18O4S. The van der Waals surface area contributed by atoms with Gasteiger partial charge in [-0.2, -0.15) is 0 Å². The van der Waals surface area contributed by atoms with E-state index in [2.05, 4.69) is 6.58 Å². The Morgan fingerprint density at radius 1 is 0.923 bits per heavy atom. The average molecular weight is 366 g/mol. The Balaban J connectivity index is 2.04. The molecule has 0 spiro atoms. The summed E-state index contributed by atoms with van der Waals surface area (Å²) in [6, 6.07) is 17.9. The molecule has 0 radical (unpaired) electrons. The second-order valence-electron chi connectivity index (χ2n) is 5.80. The van der Waals surface area contributed by atoms with Gasteiger partial charge in [-0.25, -0.2) is 8.42 Å². The lowest BCUT2D eigenvalue weighted by Gasteiger charge is -2.10. The number of rotatable bonds is 5. The van der Waals surface area contributed by atoms with Crippen LogP contribution >= 0.6 is 0 Å². The van der Waals surface area contributed by atoms with E-state index in [1.54, 1.807) is 12.1 Å². The number of phenols is 1. The Kier molecular flexibility index (Phi) is 4.82. The first-order valence-corrected chi connectivity index (χ1v) is 9.43. The number of benzene rings is 3. The van der Waals surface area contributed by atoms with Gasteiger partial charge in [0.25, 0.3) is 0 Å². The Morgan fingerprint density at radius 2 is 1.54 bits per heavy atom. The van der Waals surface area contributed by atoms with Crippen molar-refractivity contribution in [2.75, 3.05) is 0 Å². The minimum absolute atomic E-state index is 0.0301. The number of ether oxygens (including phenoxy) is 1. The summed E-state index contributed by atoms with van der Waals surface area (Å²) in [5.74, 6) is 0.535. The predicted molar refractivity (Wildman–Crippen MR) is 101 cm³/mol. The maximum Gasteiger partial charge on any atom is 0.206 e. The van der Waals surface area contributed by atoms with Crippen molar-refractivity contribution in [3.05, 3.63) is 85.1 Å². The van der Waals surface area contributed by atoms with E-state index >= 15 is 0 Å². The zero-order valence-electron chi connectivity index (χ0n) is 14.2. The Labute approximate surface area is 152 Å². The monoisotopic (exact) mass is 366 g/mol. The highest BCUT2D eigenvalue weighted by atomic mass is 32.2. The van der Waals surface area contributed by atoms with Crippen LogP contribution in [0.1, 0.15) is 5.56 Å². The van der Waals surface area contributed by atoms with Crippen molar-refractivity contribution in [3.63, 3.8) is 0 Å². The summed E-state index contributed by atoms with van der Waals surface area (Å²) >= 11 is 0. The number of hydrogen-bond acceptors (Lipinski definition) is 4. The molecule has 1 N–H and O–H groups in total. The van der Waals surface area contributed by atoms with Crippen molar-refractivity contribution in [2.45, 2.75) is 16.7 Å². The lowest BCUT2D eigenvalue weighted by atomic mass is 10.0. The minimum Gasteiger partial charge on any atom is -0.507 e. The van der Waals surface area contributed by atoms with E-state index in [9.17, 15) is 13.5 Å². The Hall–Kier alpha value is -3.05. The molecule has 3 rings (SSSR count). The van der Waals surface area contributed by atoms with Crippen LogP contribution in [0.5, 0.6) is 11.5 Å². The fourth-order valence-corrected chi connectivity index (χ4v) is 3.86. The van der Waals surface area contributed by atoms with Crippen LogP contribution in [0.15, 0.2) is 89.4 Å². The lowest BCUT2D eigenvalue weighted by Crippen LogP contribution is -2.02. The third-order valence-corrected chi connectivity index (χ3v) is 5.76. The summed E-state index contributed by atoms with van der Waals surface area (Å²) < 4.78 is 30.9. The molecule has 0 amide bonds.